The van der Waals surface area contributed by atoms with E-state index in [0.717, 1.165) is 44.7 Å². The predicted molar refractivity (Wildman–Crippen MR) is 111 cm³/mol. The molecule has 2 N–H and O–H groups in total. The van der Waals surface area contributed by atoms with E-state index in [0.29, 0.717) is 54.9 Å². The van der Waals surface area contributed by atoms with Crippen LogP contribution in [-0.2, 0) is 9.47 Å². The standard InChI is InChI=1S/C20H24N8O3/c29-19(28-3-1-20(2-4-28)11-31-12-20)17-23-14-16(25-17)24-15(13-9-21-22-10-13)26-18(14)27-5-7-30-8-6-27/h9-10H,1-8,11-12H2,(H,21,22)(H,23,24,25,26). The molecule has 0 aliphatic carbocycles. The Labute approximate surface area is 178 Å². The number of anilines is 1. The molecule has 0 atom stereocenters. The van der Waals surface area contributed by atoms with Gasteiger partial charge >= 0.3 is 0 Å². The Balaban J connectivity index is 1.34. The van der Waals surface area contributed by atoms with Crippen molar-refractivity contribution in [1.29, 1.82) is 0 Å². The number of ether oxygens (including phenoxy) is 2. The fourth-order valence-corrected chi connectivity index (χ4v) is 4.50. The second-order valence-corrected chi connectivity index (χ2v) is 8.52. The van der Waals surface area contributed by atoms with Gasteiger partial charge < -0.3 is 24.3 Å². The van der Waals surface area contributed by atoms with Gasteiger partial charge in [-0.15, -0.1) is 0 Å². The zero-order chi connectivity index (χ0) is 20.8. The summed E-state index contributed by atoms with van der Waals surface area (Å²) in [5, 5.41) is 6.80. The lowest BCUT2D eigenvalue weighted by Crippen LogP contribution is -2.52. The number of nitrogens with zero attached hydrogens (tertiary/aromatic N) is 6. The lowest BCUT2D eigenvalue weighted by Gasteiger charge is -2.47. The Morgan fingerprint density at radius 1 is 1.03 bits per heavy atom. The maximum Gasteiger partial charge on any atom is 0.289 e. The molecular weight excluding hydrogens is 400 g/mol. The number of carbonyl (C=O) groups is 1. The van der Waals surface area contributed by atoms with E-state index in [2.05, 4.69) is 30.0 Å². The van der Waals surface area contributed by atoms with Crippen molar-refractivity contribution in [2.24, 2.45) is 5.41 Å². The van der Waals surface area contributed by atoms with Crippen molar-refractivity contribution in [3.8, 4) is 11.4 Å². The first-order valence-corrected chi connectivity index (χ1v) is 10.7. The molecule has 0 radical (unpaired) electrons. The molecule has 3 saturated heterocycles. The van der Waals surface area contributed by atoms with Gasteiger partial charge in [-0.3, -0.25) is 9.89 Å². The first kappa shape index (κ1) is 18.7. The quantitative estimate of drug-likeness (QED) is 0.633. The van der Waals surface area contributed by atoms with Gasteiger partial charge in [-0.05, 0) is 12.8 Å². The number of aromatic nitrogens is 6. The van der Waals surface area contributed by atoms with E-state index in [1.54, 1.807) is 12.4 Å². The highest BCUT2D eigenvalue weighted by Gasteiger charge is 2.42. The highest BCUT2D eigenvalue weighted by atomic mass is 16.5. The molecule has 3 aliphatic rings. The van der Waals surface area contributed by atoms with Gasteiger partial charge in [0.1, 0.15) is 0 Å². The van der Waals surface area contributed by atoms with Gasteiger partial charge in [0.05, 0.1) is 38.2 Å². The van der Waals surface area contributed by atoms with Gasteiger partial charge in [0, 0.05) is 37.8 Å². The molecule has 3 aromatic rings. The number of fused-ring (bicyclic) bond motifs is 1. The third kappa shape index (κ3) is 3.24. The number of rotatable bonds is 3. The van der Waals surface area contributed by atoms with E-state index in [1.807, 2.05) is 4.90 Å². The van der Waals surface area contributed by atoms with Crippen LogP contribution in [0.3, 0.4) is 0 Å². The number of nitrogens with one attached hydrogen (secondary N) is 2. The lowest BCUT2D eigenvalue weighted by molar-refractivity contribution is -0.136. The number of amides is 1. The van der Waals surface area contributed by atoms with Gasteiger partial charge in [0.15, 0.2) is 28.6 Å². The maximum atomic E-state index is 13.2. The highest BCUT2D eigenvalue weighted by Crippen LogP contribution is 2.38. The molecule has 162 valence electrons. The molecular formula is C20H24N8O3. The summed E-state index contributed by atoms with van der Waals surface area (Å²) in [5.41, 5.74) is 2.22. The summed E-state index contributed by atoms with van der Waals surface area (Å²) < 4.78 is 10.9. The fourth-order valence-electron chi connectivity index (χ4n) is 4.50. The molecule has 0 aromatic carbocycles. The van der Waals surface area contributed by atoms with Crippen LogP contribution in [0.4, 0.5) is 5.82 Å². The van der Waals surface area contributed by atoms with Crippen LogP contribution in [0.2, 0.25) is 0 Å². The number of imidazole rings is 1. The minimum Gasteiger partial charge on any atom is -0.380 e. The Bertz CT molecular complexity index is 1090. The SMILES string of the molecule is O=C(c1nc2c(N3CCOCC3)nc(-c3cn[nH]c3)nc2[nH]1)N1CCC2(CC1)COC2. The fraction of sp³-hybridized carbons (Fsp3) is 0.550. The number of hydrogen-bond acceptors (Lipinski definition) is 8. The summed E-state index contributed by atoms with van der Waals surface area (Å²) in [6.45, 7) is 5.75. The molecule has 3 aliphatic heterocycles. The van der Waals surface area contributed by atoms with Gasteiger partial charge in [0.2, 0.25) is 0 Å². The van der Waals surface area contributed by atoms with Crippen molar-refractivity contribution in [3.05, 3.63) is 18.2 Å². The number of aromatic amines is 2. The summed E-state index contributed by atoms with van der Waals surface area (Å²) in [5.74, 6) is 1.47. The number of carbonyl (C=O) groups excluding carboxylic acids is 1. The molecule has 11 nitrogen and oxygen atoms in total. The molecule has 31 heavy (non-hydrogen) atoms. The summed E-state index contributed by atoms with van der Waals surface area (Å²) >= 11 is 0. The van der Waals surface area contributed by atoms with Gasteiger partial charge in [-0.2, -0.15) is 5.10 Å². The summed E-state index contributed by atoms with van der Waals surface area (Å²) in [4.78, 5) is 34.4. The zero-order valence-electron chi connectivity index (χ0n) is 17.1. The second kappa shape index (κ2) is 7.27. The van der Waals surface area contributed by atoms with Gasteiger partial charge in [-0.25, -0.2) is 15.0 Å². The monoisotopic (exact) mass is 424 g/mol. The first-order valence-electron chi connectivity index (χ1n) is 10.7. The number of morpholine rings is 1. The van der Waals surface area contributed by atoms with Crippen molar-refractivity contribution in [2.45, 2.75) is 12.8 Å². The van der Waals surface area contributed by atoms with Crippen LogP contribution in [0, 0.1) is 5.41 Å². The van der Waals surface area contributed by atoms with Crippen molar-refractivity contribution >= 4 is 22.9 Å². The van der Waals surface area contributed by atoms with Crippen LogP contribution in [0.5, 0.6) is 0 Å². The summed E-state index contributed by atoms with van der Waals surface area (Å²) in [6, 6.07) is 0. The van der Waals surface area contributed by atoms with Crippen LogP contribution in [0.15, 0.2) is 12.4 Å². The third-order valence-electron chi connectivity index (χ3n) is 6.52. The molecule has 3 fully saturated rings. The Morgan fingerprint density at radius 3 is 2.52 bits per heavy atom. The summed E-state index contributed by atoms with van der Waals surface area (Å²) in [7, 11) is 0. The number of H-pyrrole nitrogens is 2. The minimum absolute atomic E-state index is 0.0918. The van der Waals surface area contributed by atoms with E-state index in [-0.39, 0.29) is 11.3 Å². The summed E-state index contributed by atoms with van der Waals surface area (Å²) in [6.07, 6.45) is 5.38. The third-order valence-corrected chi connectivity index (χ3v) is 6.52. The molecule has 6 heterocycles. The molecule has 6 rings (SSSR count). The van der Waals surface area contributed by atoms with Gasteiger partial charge in [0.25, 0.3) is 5.91 Å². The van der Waals surface area contributed by atoms with Crippen LogP contribution < -0.4 is 4.90 Å². The number of piperidine rings is 1. The van der Waals surface area contributed by atoms with Crippen molar-refractivity contribution in [1.82, 2.24) is 35.0 Å². The van der Waals surface area contributed by atoms with Crippen LogP contribution in [-0.4, -0.2) is 93.5 Å². The topological polar surface area (TPSA) is 125 Å². The van der Waals surface area contributed by atoms with Crippen molar-refractivity contribution in [3.63, 3.8) is 0 Å². The van der Waals surface area contributed by atoms with Crippen molar-refractivity contribution in [2.75, 3.05) is 57.5 Å². The molecule has 3 aromatic heterocycles. The van der Waals surface area contributed by atoms with E-state index >= 15 is 0 Å². The second-order valence-electron chi connectivity index (χ2n) is 8.52. The number of likely N-dealkylation sites (tertiary alicyclic amines) is 1. The van der Waals surface area contributed by atoms with Crippen LogP contribution in [0.25, 0.3) is 22.6 Å². The smallest absolute Gasteiger partial charge is 0.289 e. The Morgan fingerprint density at radius 2 is 1.84 bits per heavy atom. The van der Waals surface area contributed by atoms with E-state index in [9.17, 15) is 4.79 Å². The molecule has 1 spiro atoms. The molecule has 0 bridgehead atoms. The first-order chi connectivity index (χ1) is 15.2. The lowest BCUT2D eigenvalue weighted by atomic mass is 9.77. The van der Waals surface area contributed by atoms with Gasteiger partial charge in [-0.1, -0.05) is 0 Å². The molecule has 0 unspecified atom stereocenters. The molecule has 11 heteroatoms. The average molecular weight is 424 g/mol. The Hall–Kier alpha value is -3.05. The normalized spacial score (nSPS) is 20.9. The van der Waals surface area contributed by atoms with Crippen LogP contribution >= 0.6 is 0 Å². The average Bonchev–Trinajstić information content (AvgIpc) is 3.47. The van der Waals surface area contributed by atoms with Crippen LogP contribution in [0.1, 0.15) is 23.5 Å². The molecule has 0 saturated carbocycles. The zero-order valence-corrected chi connectivity index (χ0v) is 17.1. The maximum absolute atomic E-state index is 13.2. The largest absolute Gasteiger partial charge is 0.380 e. The predicted octanol–water partition coefficient (Wildman–Crippen LogP) is 0.832. The minimum atomic E-state index is -0.0918. The van der Waals surface area contributed by atoms with E-state index in [4.69, 9.17) is 14.5 Å². The molecule has 1 amide bonds. The number of hydrogen-bond donors (Lipinski definition) is 2. The highest BCUT2D eigenvalue weighted by molar-refractivity contribution is 5.96. The van der Waals surface area contributed by atoms with E-state index in [1.165, 1.54) is 0 Å². The van der Waals surface area contributed by atoms with Crippen molar-refractivity contribution < 1.29 is 14.3 Å². The Kier molecular flexibility index (Phi) is 4.39. The van der Waals surface area contributed by atoms with E-state index < -0.39 is 0 Å².